The van der Waals surface area contributed by atoms with Crippen molar-refractivity contribution < 1.29 is 23.8 Å². The van der Waals surface area contributed by atoms with Gasteiger partial charge in [0, 0.05) is 18.0 Å². The number of amides is 1. The Labute approximate surface area is 243 Å². The van der Waals surface area contributed by atoms with Gasteiger partial charge in [0.1, 0.15) is 23.5 Å². The molecule has 1 amide bonds. The minimum atomic E-state index is -0.745. The Hall–Kier alpha value is -2.77. The monoisotopic (exact) mass is 570 g/mol. The van der Waals surface area contributed by atoms with E-state index in [9.17, 15) is 9.59 Å². The molecule has 1 N–H and O–H groups in total. The first-order valence-corrected chi connectivity index (χ1v) is 14.7. The second-order valence-corrected chi connectivity index (χ2v) is 12.5. The van der Waals surface area contributed by atoms with Crippen LogP contribution in [0.3, 0.4) is 0 Å². The van der Waals surface area contributed by atoms with Gasteiger partial charge in [0.15, 0.2) is 0 Å². The highest BCUT2D eigenvalue weighted by molar-refractivity contribution is 6.31. The number of carbonyl (C=O) groups is 2. The minimum absolute atomic E-state index is 0.242. The molecule has 2 aliphatic rings. The summed E-state index contributed by atoms with van der Waals surface area (Å²) < 4.78 is 16.8. The van der Waals surface area contributed by atoms with E-state index in [1.807, 2.05) is 25.2 Å². The molecule has 40 heavy (non-hydrogen) atoms. The molecule has 1 saturated carbocycles. The van der Waals surface area contributed by atoms with Gasteiger partial charge in [0.25, 0.3) is 0 Å². The highest BCUT2D eigenvalue weighted by Crippen LogP contribution is 2.39. The van der Waals surface area contributed by atoms with E-state index in [-0.39, 0.29) is 12.6 Å². The number of hydrogen-bond acceptors (Lipinski definition) is 6. The van der Waals surface area contributed by atoms with Crippen LogP contribution in [0.5, 0.6) is 5.75 Å². The largest absolute Gasteiger partial charge is 0.488 e. The Morgan fingerprint density at radius 3 is 2.45 bits per heavy atom. The molecule has 0 unspecified atom stereocenters. The first-order valence-electron chi connectivity index (χ1n) is 14.3. The standard InChI is InChI=1S/C32H43ClN2O5/c1-32(2,3)40-31(37)35-20-26(18-29(35)30(36)38-5)39-25-14-15-28(33)24(17-25)16-21-10-12-22(13-11-21)27-9-7-6-8-23(27)19-34-4/h6-9,14-15,17,21-22,26,29,34H,10-13,16,18-20H2,1-5H3/t21?,22?,26-,29-/m0/s1. The molecule has 1 aliphatic carbocycles. The number of methoxy groups -OCH3 is 1. The zero-order chi connectivity index (χ0) is 28.9. The summed E-state index contributed by atoms with van der Waals surface area (Å²) in [6.07, 6.45) is 5.01. The van der Waals surface area contributed by atoms with Gasteiger partial charge in [-0.05, 0) is 107 Å². The van der Waals surface area contributed by atoms with E-state index < -0.39 is 23.7 Å². The number of carbonyl (C=O) groups excluding carboxylic acids is 2. The van der Waals surface area contributed by atoms with Gasteiger partial charge in [-0.2, -0.15) is 0 Å². The number of rotatable bonds is 8. The molecular formula is C32H43ClN2O5. The van der Waals surface area contributed by atoms with E-state index in [1.165, 1.54) is 36.0 Å². The van der Waals surface area contributed by atoms with Crippen LogP contribution in [0.25, 0.3) is 0 Å². The summed E-state index contributed by atoms with van der Waals surface area (Å²) in [5.74, 6) is 1.38. The van der Waals surface area contributed by atoms with E-state index in [1.54, 1.807) is 20.8 Å². The molecule has 2 fully saturated rings. The minimum Gasteiger partial charge on any atom is -0.488 e. The van der Waals surface area contributed by atoms with Gasteiger partial charge in [-0.25, -0.2) is 9.59 Å². The number of nitrogens with one attached hydrogen (secondary N) is 1. The van der Waals surface area contributed by atoms with Crippen LogP contribution >= 0.6 is 11.6 Å². The van der Waals surface area contributed by atoms with Crippen molar-refractivity contribution in [1.82, 2.24) is 10.2 Å². The summed E-state index contributed by atoms with van der Waals surface area (Å²) in [7, 11) is 3.32. The third-order valence-electron chi connectivity index (χ3n) is 7.90. The molecule has 0 bridgehead atoms. The molecule has 0 radical (unpaired) electrons. The Morgan fingerprint density at radius 2 is 1.77 bits per heavy atom. The lowest BCUT2D eigenvalue weighted by Crippen LogP contribution is -2.44. The van der Waals surface area contributed by atoms with Crippen molar-refractivity contribution in [3.63, 3.8) is 0 Å². The van der Waals surface area contributed by atoms with Crippen LogP contribution in [0.4, 0.5) is 4.79 Å². The topological polar surface area (TPSA) is 77.1 Å². The molecular weight excluding hydrogens is 528 g/mol. The average molecular weight is 571 g/mol. The van der Waals surface area contributed by atoms with Crippen LogP contribution in [0.2, 0.25) is 5.02 Å². The SMILES string of the molecule is CNCc1ccccc1C1CCC(Cc2cc(O[C@H]3C[C@@H](C(=O)OC)N(C(=O)OC(C)(C)C)C3)ccc2Cl)CC1. The van der Waals surface area contributed by atoms with Crippen LogP contribution in [0.15, 0.2) is 42.5 Å². The third kappa shape index (κ3) is 7.70. The van der Waals surface area contributed by atoms with Crippen molar-refractivity contribution in [2.45, 2.75) is 89.5 Å². The highest BCUT2D eigenvalue weighted by atomic mass is 35.5. The summed E-state index contributed by atoms with van der Waals surface area (Å²) in [6, 6.07) is 13.8. The Kier molecular flexibility index (Phi) is 10.0. The van der Waals surface area contributed by atoms with Gasteiger partial charge >= 0.3 is 12.1 Å². The maximum Gasteiger partial charge on any atom is 0.411 e. The Bertz CT molecular complexity index is 1170. The molecule has 1 heterocycles. The average Bonchev–Trinajstić information content (AvgIpc) is 3.34. The summed E-state index contributed by atoms with van der Waals surface area (Å²) >= 11 is 6.63. The number of likely N-dealkylation sites (tertiary alicyclic amines) is 1. The second kappa shape index (κ2) is 13.3. The summed E-state index contributed by atoms with van der Waals surface area (Å²) in [6.45, 7) is 6.53. The number of hydrogen-bond donors (Lipinski definition) is 1. The second-order valence-electron chi connectivity index (χ2n) is 12.1. The number of esters is 1. The zero-order valence-electron chi connectivity index (χ0n) is 24.4. The molecule has 1 saturated heterocycles. The quantitative estimate of drug-likeness (QED) is 0.365. The van der Waals surface area contributed by atoms with Crippen molar-refractivity contribution in [1.29, 1.82) is 0 Å². The zero-order valence-corrected chi connectivity index (χ0v) is 25.1. The van der Waals surface area contributed by atoms with E-state index in [4.69, 9.17) is 25.8 Å². The first-order chi connectivity index (χ1) is 19.1. The van der Waals surface area contributed by atoms with Crippen LogP contribution in [-0.4, -0.2) is 55.4 Å². The maximum atomic E-state index is 12.8. The van der Waals surface area contributed by atoms with Gasteiger partial charge in [-0.15, -0.1) is 0 Å². The summed E-state index contributed by atoms with van der Waals surface area (Å²) in [4.78, 5) is 26.6. The fourth-order valence-corrected chi connectivity index (χ4v) is 6.21. The number of halogens is 1. The molecule has 2 atom stereocenters. The lowest BCUT2D eigenvalue weighted by atomic mass is 9.75. The van der Waals surface area contributed by atoms with Crippen molar-refractivity contribution in [3.8, 4) is 5.75 Å². The van der Waals surface area contributed by atoms with E-state index in [0.29, 0.717) is 24.0 Å². The van der Waals surface area contributed by atoms with Crippen LogP contribution in [-0.2, 0) is 27.2 Å². The molecule has 8 heteroatoms. The van der Waals surface area contributed by atoms with Crippen molar-refractivity contribution in [2.24, 2.45) is 5.92 Å². The molecule has 1 aliphatic heterocycles. The van der Waals surface area contributed by atoms with Crippen LogP contribution in [0.1, 0.15) is 75.5 Å². The lowest BCUT2D eigenvalue weighted by Gasteiger charge is -2.30. The third-order valence-corrected chi connectivity index (χ3v) is 8.27. The number of nitrogens with zero attached hydrogens (tertiary/aromatic N) is 1. The van der Waals surface area contributed by atoms with Gasteiger partial charge in [0.2, 0.25) is 0 Å². The molecule has 218 valence electrons. The molecule has 0 aromatic heterocycles. The fourth-order valence-electron chi connectivity index (χ4n) is 6.01. The van der Waals surface area contributed by atoms with E-state index in [2.05, 4.69) is 29.6 Å². The summed E-state index contributed by atoms with van der Waals surface area (Å²) in [5.41, 5.74) is 3.28. The van der Waals surface area contributed by atoms with E-state index in [0.717, 1.165) is 36.4 Å². The molecule has 7 nitrogen and oxygen atoms in total. The predicted octanol–water partition coefficient (Wildman–Crippen LogP) is 6.51. The Balaban J connectivity index is 1.38. The first kappa shape index (κ1) is 30.2. The molecule has 0 spiro atoms. The van der Waals surface area contributed by atoms with Crippen LogP contribution < -0.4 is 10.1 Å². The molecule has 2 aromatic rings. The number of benzene rings is 2. The van der Waals surface area contributed by atoms with Gasteiger partial charge < -0.3 is 19.5 Å². The lowest BCUT2D eigenvalue weighted by molar-refractivity contribution is -0.145. The van der Waals surface area contributed by atoms with Crippen molar-refractivity contribution in [2.75, 3.05) is 20.7 Å². The fraction of sp³-hybridized carbons (Fsp3) is 0.562. The predicted molar refractivity (Wildman–Crippen MR) is 157 cm³/mol. The maximum absolute atomic E-state index is 12.8. The van der Waals surface area contributed by atoms with Gasteiger partial charge in [0.05, 0.1) is 13.7 Å². The van der Waals surface area contributed by atoms with Gasteiger partial charge in [-0.1, -0.05) is 35.9 Å². The molecule has 2 aromatic carbocycles. The van der Waals surface area contributed by atoms with Crippen molar-refractivity contribution >= 4 is 23.7 Å². The van der Waals surface area contributed by atoms with Crippen molar-refractivity contribution in [3.05, 3.63) is 64.2 Å². The molecule has 4 rings (SSSR count). The van der Waals surface area contributed by atoms with Crippen LogP contribution in [0, 0.1) is 5.92 Å². The smallest absolute Gasteiger partial charge is 0.411 e. The normalized spacial score (nSPS) is 23.1. The highest BCUT2D eigenvalue weighted by Gasteiger charge is 2.43. The number of ether oxygens (including phenoxy) is 3. The van der Waals surface area contributed by atoms with Gasteiger partial charge in [-0.3, -0.25) is 4.90 Å². The summed E-state index contributed by atoms with van der Waals surface area (Å²) in [5, 5.41) is 4.03. The Morgan fingerprint density at radius 1 is 1.05 bits per heavy atom. The van der Waals surface area contributed by atoms with E-state index >= 15 is 0 Å².